The van der Waals surface area contributed by atoms with E-state index in [-0.39, 0.29) is 0 Å². The Hall–Kier alpha value is -0.120. The Morgan fingerprint density at radius 2 is 2.00 bits per heavy atom. The van der Waals surface area contributed by atoms with E-state index in [0.29, 0.717) is 26.2 Å². The van der Waals surface area contributed by atoms with Crippen molar-refractivity contribution in [1.29, 1.82) is 0 Å². The van der Waals surface area contributed by atoms with Gasteiger partial charge < -0.3 is 14.6 Å². The Morgan fingerprint density at radius 3 is 2.58 bits per heavy atom. The third kappa shape index (κ3) is 7.98. The Balaban J connectivity index is 3.04. The molecular weight excluding hydrogens is 156 g/mol. The van der Waals surface area contributed by atoms with Crippen molar-refractivity contribution in [3.63, 3.8) is 0 Å². The van der Waals surface area contributed by atoms with Gasteiger partial charge in [-0.05, 0) is 13.3 Å². The zero-order chi connectivity index (χ0) is 9.23. The van der Waals surface area contributed by atoms with Crippen molar-refractivity contribution >= 4 is 0 Å². The van der Waals surface area contributed by atoms with Crippen molar-refractivity contribution in [2.45, 2.75) is 39.4 Å². The van der Waals surface area contributed by atoms with Crippen LogP contribution in [0.3, 0.4) is 0 Å². The summed E-state index contributed by atoms with van der Waals surface area (Å²) in [5, 5.41) is 9.20. The standard InChI is InChI=1S/C9H20O3/c1-3-5-7-12-9(10)6-8-11-4-2/h9-10H,3-8H2,1-2H3. The molecular formula is C9H20O3. The summed E-state index contributed by atoms with van der Waals surface area (Å²) in [5.74, 6) is 0. The summed E-state index contributed by atoms with van der Waals surface area (Å²) >= 11 is 0. The number of rotatable bonds is 8. The number of unbranched alkanes of at least 4 members (excludes halogenated alkanes) is 1. The minimum Gasteiger partial charge on any atom is -0.382 e. The van der Waals surface area contributed by atoms with E-state index in [1.807, 2.05) is 6.92 Å². The Kier molecular flexibility index (Phi) is 8.88. The molecule has 0 saturated heterocycles. The molecule has 0 aliphatic heterocycles. The second kappa shape index (κ2) is 8.97. The van der Waals surface area contributed by atoms with Gasteiger partial charge >= 0.3 is 0 Å². The SMILES string of the molecule is CCCCOC(O)CCOCC. The highest BCUT2D eigenvalue weighted by molar-refractivity contribution is 4.41. The second-order valence-electron chi connectivity index (χ2n) is 2.66. The summed E-state index contributed by atoms with van der Waals surface area (Å²) in [6.45, 7) is 5.94. The van der Waals surface area contributed by atoms with Gasteiger partial charge in [0.05, 0.1) is 6.61 Å². The summed E-state index contributed by atoms with van der Waals surface area (Å²) in [7, 11) is 0. The van der Waals surface area contributed by atoms with Gasteiger partial charge in [-0.1, -0.05) is 13.3 Å². The molecule has 0 aromatic carbocycles. The van der Waals surface area contributed by atoms with Crippen LogP contribution in [0.15, 0.2) is 0 Å². The molecule has 0 aliphatic rings. The third-order valence-corrected chi connectivity index (χ3v) is 1.52. The fraction of sp³-hybridized carbons (Fsp3) is 1.00. The maximum atomic E-state index is 9.20. The molecule has 0 aliphatic carbocycles. The molecule has 3 nitrogen and oxygen atoms in total. The molecule has 0 fully saturated rings. The zero-order valence-corrected chi connectivity index (χ0v) is 8.08. The first-order valence-electron chi connectivity index (χ1n) is 4.68. The van der Waals surface area contributed by atoms with Crippen molar-refractivity contribution in [3.8, 4) is 0 Å². The van der Waals surface area contributed by atoms with E-state index >= 15 is 0 Å². The molecule has 1 N–H and O–H groups in total. The van der Waals surface area contributed by atoms with Crippen molar-refractivity contribution in [1.82, 2.24) is 0 Å². The quantitative estimate of drug-likeness (QED) is 0.450. The van der Waals surface area contributed by atoms with Gasteiger partial charge in [0.25, 0.3) is 0 Å². The van der Waals surface area contributed by atoms with E-state index in [1.54, 1.807) is 0 Å². The summed E-state index contributed by atoms with van der Waals surface area (Å²) < 4.78 is 10.2. The minimum absolute atomic E-state index is 0.567. The van der Waals surface area contributed by atoms with Crippen LogP contribution >= 0.6 is 0 Å². The second-order valence-corrected chi connectivity index (χ2v) is 2.66. The molecule has 0 amide bonds. The van der Waals surface area contributed by atoms with Crippen LogP contribution in [0, 0.1) is 0 Å². The van der Waals surface area contributed by atoms with Gasteiger partial charge in [0.15, 0.2) is 6.29 Å². The van der Waals surface area contributed by atoms with E-state index in [4.69, 9.17) is 9.47 Å². The van der Waals surface area contributed by atoms with Crippen molar-refractivity contribution in [3.05, 3.63) is 0 Å². The van der Waals surface area contributed by atoms with Gasteiger partial charge in [0.2, 0.25) is 0 Å². The molecule has 0 heterocycles. The molecule has 3 heteroatoms. The van der Waals surface area contributed by atoms with Crippen molar-refractivity contribution in [2.24, 2.45) is 0 Å². The van der Waals surface area contributed by atoms with Crippen molar-refractivity contribution < 1.29 is 14.6 Å². The van der Waals surface area contributed by atoms with Crippen LogP contribution < -0.4 is 0 Å². The lowest BCUT2D eigenvalue weighted by molar-refractivity contribution is -0.113. The van der Waals surface area contributed by atoms with Gasteiger partial charge in [-0.2, -0.15) is 0 Å². The van der Waals surface area contributed by atoms with Crippen LogP contribution in [-0.2, 0) is 9.47 Å². The van der Waals surface area contributed by atoms with Crippen LogP contribution in [0.5, 0.6) is 0 Å². The number of aliphatic hydroxyl groups excluding tert-OH is 1. The minimum atomic E-state index is -0.650. The molecule has 0 saturated carbocycles. The first kappa shape index (κ1) is 11.9. The Labute approximate surface area is 74.7 Å². The maximum Gasteiger partial charge on any atom is 0.156 e. The first-order valence-corrected chi connectivity index (χ1v) is 4.68. The van der Waals surface area contributed by atoms with Crippen LogP contribution in [0.2, 0.25) is 0 Å². The van der Waals surface area contributed by atoms with Gasteiger partial charge in [-0.15, -0.1) is 0 Å². The number of hydrogen-bond acceptors (Lipinski definition) is 3. The molecule has 74 valence electrons. The lowest BCUT2D eigenvalue weighted by atomic mass is 10.3. The summed E-state index contributed by atoms with van der Waals surface area (Å²) in [4.78, 5) is 0. The molecule has 0 spiro atoms. The molecule has 12 heavy (non-hydrogen) atoms. The molecule has 0 aromatic heterocycles. The van der Waals surface area contributed by atoms with E-state index in [2.05, 4.69) is 6.92 Å². The largest absolute Gasteiger partial charge is 0.382 e. The lowest BCUT2D eigenvalue weighted by Crippen LogP contribution is -2.15. The molecule has 1 unspecified atom stereocenters. The van der Waals surface area contributed by atoms with Crippen LogP contribution in [0.25, 0.3) is 0 Å². The fourth-order valence-electron chi connectivity index (χ4n) is 0.776. The normalized spacial score (nSPS) is 13.2. The van der Waals surface area contributed by atoms with Gasteiger partial charge in [0.1, 0.15) is 0 Å². The molecule has 0 radical (unpaired) electrons. The van der Waals surface area contributed by atoms with Crippen LogP contribution in [0.4, 0.5) is 0 Å². The number of ether oxygens (including phenoxy) is 2. The number of hydrogen-bond donors (Lipinski definition) is 1. The third-order valence-electron chi connectivity index (χ3n) is 1.52. The molecule has 0 bridgehead atoms. The lowest BCUT2D eigenvalue weighted by Gasteiger charge is -2.10. The zero-order valence-electron chi connectivity index (χ0n) is 8.08. The topological polar surface area (TPSA) is 38.7 Å². The van der Waals surface area contributed by atoms with Crippen LogP contribution in [0.1, 0.15) is 33.1 Å². The van der Waals surface area contributed by atoms with Gasteiger partial charge in [-0.25, -0.2) is 0 Å². The summed E-state index contributed by atoms with van der Waals surface area (Å²) in [6, 6.07) is 0. The molecule has 0 rings (SSSR count). The van der Waals surface area contributed by atoms with Crippen molar-refractivity contribution in [2.75, 3.05) is 19.8 Å². The molecule has 0 aromatic rings. The van der Waals surface area contributed by atoms with E-state index < -0.39 is 6.29 Å². The smallest absolute Gasteiger partial charge is 0.156 e. The highest BCUT2D eigenvalue weighted by Crippen LogP contribution is 1.97. The predicted molar refractivity (Wildman–Crippen MR) is 48.0 cm³/mol. The Morgan fingerprint density at radius 1 is 1.25 bits per heavy atom. The highest BCUT2D eigenvalue weighted by atomic mass is 16.6. The van der Waals surface area contributed by atoms with E-state index in [0.717, 1.165) is 12.8 Å². The summed E-state index contributed by atoms with van der Waals surface area (Å²) in [5.41, 5.74) is 0. The van der Waals surface area contributed by atoms with E-state index in [9.17, 15) is 5.11 Å². The first-order chi connectivity index (χ1) is 5.81. The Bertz CT molecular complexity index is 75.8. The number of aliphatic hydroxyl groups is 1. The average molecular weight is 176 g/mol. The molecule has 1 atom stereocenters. The average Bonchev–Trinajstić information content (AvgIpc) is 2.06. The monoisotopic (exact) mass is 176 g/mol. The summed E-state index contributed by atoms with van der Waals surface area (Å²) in [6.07, 6.45) is 2.02. The maximum absolute atomic E-state index is 9.20. The fourth-order valence-corrected chi connectivity index (χ4v) is 0.776. The predicted octanol–water partition coefficient (Wildman–Crippen LogP) is 1.55. The van der Waals surface area contributed by atoms with Crippen LogP contribution in [-0.4, -0.2) is 31.2 Å². The van der Waals surface area contributed by atoms with E-state index in [1.165, 1.54) is 0 Å². The highest BCUT2D eigenvalue weighted by Gasteiger charge is 2.02. The van der Waals surface area contributed by atoms with Gasteiger partial charge in [-0.3, -0.25) is 0 Å². The van der Waals surface area contributed by atoms with Gasteiger partial charge in [0, 0.05) is 19.6 Å².